The molecule has 0 spiro atoms. The van der Waals surface area contributed by atoms with Crippen molar-refractivity contribution in [1.82, 2.24) is 4.90 Å². The van der Waals surface area contributed by atoms with Gasteiger partial charge in [-0.3, -0.25) is 4.79 Å². The van der Waals surface area contributed by atoms with E-state index in [-0.39, 0.29) is 11.3 Å². The van der Waals surface area contributed by atoms with E-state index in [4.69, 9.17) is 11.6 Å². The quantitative estimate of drug-likeness (QED) is 0.815. The standard InChI is InChI=1S/C18H21ClN2O/c1-14(22)20-17-10-6-9-16(11-17)18(19)13-21(2)12-15-7-4-3-5-8-15/h3-11,18H,12-13H2,1-2H3,(H,20,22). The lowest BCUT2D eigenvalue weighted by Gasteiger charge is -2.20. The van der Waals surface area contributed by atoms with Crippen LogP contribution in [0.4, 0.5) is 5.69 Å². The number of hydrogen-bond acceptors (Lipinski definition) is 2. The first kappa shape index (κ1) is 16.5. The number of alkyl halides is 1. The fourth-order valence-corrected chi connectivity index (χ4v) is 2.72. The number of likely N-dealkylation sites (N-methyl/N-ethyl adjacent to an activating group) is 1. The molecule has 2 rings (SSSR count). The smallest absolute Gasteiger partial charge is 0.221 e. The van der Waals surface area contributed by atoms with Crippen LogP contribution in [0.2, 0.25) is 0 Å². The Bertz CT molecular complexity index is 615. The Kier molecular flexibility index (Phi) is 5.99. The topological polar surface area (TPSA) is 32.3 Å². The molecule has 0 heterocycles. The zero-order chi connectivity index (χ0) is 15.9. The SMILES string of the molecule is CC(=O)Nc1cccc(C(Cl)CN(C)Cc2ccccc2)c1. The average molecular weight is 317 g/mol. The van der Waals surface area contributed by atoms with Crippen LogP contribution in [0.15, 0.2) is 54.6 Å². The summed E-state index contributed by atoms with van der Waals surface area (Å²) >= 11 is 6.52. The molecule has 3 nitrogen and oxygen atoms in total. The van der Waals surface area contributed by atoms with Crippen LogP contribution in [0, 0.1) is 0 Å². The van der Waals surface area contributed by atoms with E-state index >= 15 is 0 Å². The van der Waals surface area contributed by atoms with Crippen molar-refractivity contribution in [3.63, 3.8) is 0 Å². The predicted molar refractivity (Wildman–Crippen MR) is 92.1 cm³/mol. The maximum absolute atomic E-state index is 11.1. The normalized spacial score (nSPS) is 12.2. The van der Waals surface area contributed by atoms with Gasteiger partial charge >= 0.3 is 0 Å². The van der Waals surface area contributed by atoms with Crippen molar-refractivity contribution < 1.29 is 4.79 Å². The summed E-state index contributed by atoms with van der Waals surface area (Å²) < 4.78 is 0. The molecule has 0 radical (unpaired) electrons. The molecule has 0 aliphatic carbocycles. The van der Waals surface area contributed by atoms with Crippen molar-refractivity contribution in [3.05, 3.63) is 65.7 Å². The molecule has 1 N–H and O–H groups in total. The second-order valence-corrected chi connectivity index (χ2v) is 5.98. The first-order chi connectivity index (χ1) is 10.5. The number of halogens is 1. The summed E-state index contributed by atoms with van der Waals surface area (Å²) in [5, 5.41) is 2.66. The van der Waals surface area contributed by atoms with E-state index in [2.05, 4.69) is 29.4 Å². The predicted octanol–water partition coefficient (Wildman–Crippen LogP) is 4.06. The minimum absolute atomic E-state index is 0.0792. The molecule has 2 aromatic rings. The van der Waals surface area contributed by atoms with Gasteiger partial charge in [-0.05, 0) is 30.3 Å². The maximum Gasteiger partial charge on any atom is 0.221 e. The van der Waals surface area contributed by atoms with Gasteiger partial charge in [0.15, 0.2) is 0 Å². The van der Waals surface area contributed by atoms with Gasteiger partial charge in [0.05, 0.1) is 5.38 Å². The number of carbonyl (C=O) groups excluding carboxylic acids is 1. The van der Waals surface area contributed by atoms with Crippen LogP contribution in [0.1, 0.15) is 23.4 Å². The molecule has 0 aliphatic heterocycles. The van der Waals surface area contributed by atoms with Crippen molar-refractivity contribution in [1.29, 1.82) is 0 Å². The average Bonchev–Trinajstić information content (AvgIpc) is 2.47. The summed E-state index contributed by atoms with van der Waals surface area (Å²) in [6, 6.07) is 18.0. The fourth-order valence-electron chi connectivity index (χ4n) is 2.35. The highest BCUT2D eigenvalue weighted by molar-refractivity contribution is 6.21. The molecule has 1 atom stereocenters. The van der Waals surface area contributed by atoms with Crippen molar-refractivity contribution in [2.45, 2.75) is 18.8 Å². The lowest BCUT2D eigenvalue weighted by Crippen LogP contribution is -2.22. The highest BCUT2D eigenvalue weighted by Gasteiger charge is 2.12. The van der Waals surface area contributed by atoms with Gasteiger partial charge in [-0.25, -0.2) is 0 Å². The van der Waals surface area contributed by atoms with Gasteiger partial charge in [-0.15, -0.1) is 11.6 Å². The van der Waals surface area contributed by atoms with Crippen molar-refractivity contribution in [2.75, 3.05) is 18.9 Å². The molecule has 4 heteroatoms. The number of carbonyl (C=O) groups is 1. The van der Waals surface area contributed by atoms with E-state index in [9.17, 15) is 4.79 Å². The Hall–Kier alpha value is -1.84. The number of hydrogen-bond donors (Lipinski definition) is 1. The van der Waals surface area contributed by atoms with E-state index in [1.807, 2.05) is 42.5 Å². The third-order valence-electron chi connectivity index (χ3n) is 3.34. The number of nitrogens with one attached hydrogen (secondary N) is 1. The first-order valence-electron chi connectivity index (χ1n) is 7.28. The minimum atomic E-state index is -0.123. The van der Waals surface area contributed by atoms with Crippen molar-refractivity contribution in [3.8, 4) is 0 Å². The molecule has 116 valence electrons. The van der Waals surface area contributed by atoms with Gasteiger partial charge in [0.1, 0.15) is 0 Å². The summed E-state index contributed by atoms with van der Waals surface area (Å²) in [4.78, 5) is 13.3. The number of amides is 1. The van der Waals surface area contributed by atoms with Gasteiger partial charge in [0.2, 0.25) is 5.91 Å². The third kappa shape index (κ3) is 5.17. The van der Waals surface area contributed by atoms with E-state index in [1.54, 1.807) is 0 Å². The molecular weight excluding hydrogens is 296 g/mol. The largest absolute Gasteiger partial charge is 0.326 e. The molecule has 0 bridgehead atoms. The van der Waals surface area contributed by atoms with Gasteiger partial charge in [-0.1, -0.05) is 42.5 Å². The molecular formula is C18H21ClN2O. The Morgan fingerprint density at radius 2 is 1.91 bits per heavy atom. The van der Waals surface area contributed by atoms with Crippen LogP contribution in [0.25, 0.3) is 0 Å². The molecule has 1 unspecified atom stereocenters. The first-order valence-corrected chi connectivity index (χ1v) is 7.72. The van der Waals surface area contributed by atoms with Crippen LogP contribution < -0.4 is 5.32 Å². The summed E-state index contributed by atoms with van der Waals surface area (Å²) in [5.74, 6) is -0.0792. The van der Waals surface area contributed by atoms with E-state index < -0.39 is 0 Å². The lowest BCUT2D eigenvalue weighted by atomic mass is 10.1. The van der Waals surface area contributed by atoms with Crippen LogP contribution in [-0.2, 0) is 11.3 Å². The van der Waals surface area contributed by atoms with E-state index in [1.165, 1.54) is 12.5 Å². The maximum atomic E-state index is 11.1. The molecule has 0 aromatic heterocycles. The summed E-state index contributed by atoms with van der Waals surface area (Å²) in [6.07, 6.45) is 0. The highest BCUT2D eigenvalue weighted by Crippen LogP contribution is 2.24. The molecule has 0 saturated carbocycles. The molecule has 0 aliphatic rings. The van der Waals surface area contributed by atoms with Gasteiger partial charge in [-0.2, -0.15) is 0 Å². The molecule has 0 saturated heterocycles. The number of anilines is 1. The van der Waals surface area contributed by atoms with Crippen molar-refractivity contribution >= 4 is 23.2 Å². The van der Waals surface area contributed by atoms with Crippen LogP contribution >= 0.6 is 11.6 Å². The molecule has 1 amide bonds. The summed E-state index contributed by atoms with van der Waals surface area (Å²) in [7, 11) is 2.06. The fraction of sp³-hybridized carbons (Fsp3) is 0.278. The van der Waals surface area contributed by atoms with E-state index in [0.717, 1.165) is 24.3 Å². The highest BCUT2D eigenvalue weighted by atomic mass is 35.5. The third-order valence-corrected chi connectivity index (χ3v) is 3.73. The Balaban J connectivity index is 1.96. The van der Waals surface area contributed by atoms with Gasteiger partial charge < -0.3 is 10.2 Å². The van der Waals surface area contributed by atoms with Gasteiger partial charge in [0, 0.05) is 25.7 Å². The minimum Gasteiger partial charge on any atom is -0.326 e. The second kappa shape index (κ2) is 7.97. The summed E-state index contributed by atoms with van der Waals surface area (Å²) in [6.45, 7) is 3.09. The van der Waals surface area contributed by atoms with Crippen molar-refractivity contribution in [2.24, 2.45) is 0 Å². The zero-order valence-electron chi connectivity index (χ0n) is 12.9. The zero-order valence-corrected chi connectivity index (χ0v) is 13.7. The van der Waals surface area contributed by atoms with Gasteiger partial charge in [0.25, 0.3) is 0 Å². The molecule has 22 heavy (non-hydrogen) atoms. The second-order valence-electron chi connectivity index (χ2n) is 5.46. The number of rotatable bonds is 6. The number of benzene rings is 2. The van der Waals surface area contributed by atoms with Crippen LogP contribution in [0.3, 0.4) is 0 Å². The Labute approximate surface area is 136 Å². The Morgan fingerprint density at radius 3 is 2.59 bits per heavy atom. The Morgan fingerprint density at radius 1 is 1.18 bits per heavy atom. The molecule has 0 fully saturated rings. The number of nitrogens with zero attached hydrogens (tertiary/aromatic N) is 1. The van der Waals surface area contributed by atoms with Crippen LogP contribution in [-0.4, -0.2) is 24.4 Å². The molecule has 2 aromatic carbocycles. The van der Waals surface area contributed by atoms with Crippen LogP contribution in [0.5, 0.6) is 0 Å². The summed E-state index contributed by atoms with van der Waals surface area (Å²) in [5.41, 5.74) is 3.05. The lowest BCUT2D eigenvalue weighted by molar-refractivity contribution is -0.114. The van der Waals surface area contributed by atoms with E-state index in [0.29, 0.717) is 0 Å². The monoisotopic (exact) mass is 316 g/mol.